The van der Waals surface area contributed by atoms with Crippen LogP contribution in [0.4, 0.5) is 11.4 Å². The third-order valence-corrected chi connectivity index (χ3v) is 3.28. The van der Waals surface area contributed by atoms with Crippen LogP contribution in [-0.4, -0.2) is 29.9 Å². The second-order valence-electron chi connectivity index (χ2n) is 5.02. The Morgan fingerprint density at radius 2 is 1.74 bits per heavy atom. The van der Waals surface area contributed by atoms with Gasteiger partial charge >= 0.3 is 0 Å². The largest absolute Gasteiger partial charge is 0.399 e. The Balaban J connectivity index is 2.80. The van der Waals surface area contributed by atoms with Gasteiger partial charge in [-0.15, -0.1) is 0 Å². The van der Waals surface area contributed by atoms with Crippen molar-refractivity contribution in [1.29, 1.82) is 0 Å². The summed E-state index contributed by atoms with van der Waals surface area (Å²) < 4.78 is 0. The number of anilines is 2. The number of carbonyl (C=O) groups is 1. The molecule has 0 saturated carbocycles. The lowest BCUT2D eigenvalue weighted by Gasteiger charge is -2.31. The molecule has 0 fully saturated rings. The third-order valence-electron chi connectivity index (χ3n) is 3.28. The number of rotatable bonds is 6. The van der Waals surface area contributed by atoms with Crippen molar-refractivity contribution < 1.29 is 4.79 Å². The zero-order valence-electron chi connectivity index (χ0n) is 12.3. The van der Waals surface area contributed by atoms with Gasteiger partial charge < -0.3 is 11.1 Å². The number of hydrogen-bond acceptors (Lipinski definition) is 3. The van der Waals surface area contributed by atoms with Crippen LogP contribution < -0.4 is 11.1 Å². The standard InChI is InChI=1S/C15H25N3O/c1-5-18(6-2)14(11(3)4)15(19)17-13-9-7-12(16)8-10-13/h7-11,14H,5-6,16H2,1-4H3,(H,17,19). The van der Waals surface area contributed by atoms with Crippen molar-refractivity contribution in [3.05, 3.63) is 24.3 Å². The number of nitrogens with two attached hydrogens (primary N) is 1. The third kappa shape index (κ3) is 4.24. The minimum absolute atomic E-state index is 0.0449. The van der Waals surface area contributed by atoms with E-state index in [1.54, 1.807) is 12.1 Å². The molecule has 0 aliphatic heterocycles. The molecular weight excluding hydrogens is 238 g/mol. The normalized spacial score (nSPS) is 12.7. The van der Waals surface area contributed by atoms with Crippen LogP contribution in [0.1, 0.15) is 27.7 Å². The van der Waals surface area contributed by atoms with Gasteiger partial charge in [0.05, 0.1) is 6.04 Å². The molecule has 1 aromatic rings. The highest BCUT2D eigenvalue weighted by molar-refractivity contribution is 5.95. The van der Waals surface area contributed by atoms with Crippen LogP contribution in [0.25, 0.3) is 0 Å². The number of amides is 1. The molecule has 4 heteroatoms. The Hall–Kier alpha value is -1.55. The number of benzene rings is 1. The highest BCUT2D eigenvalue weighted by atomic mass is 16.2. The van der Waals surface area contributed by atoms with E-state index in [0.717, 1.165) is 18.8 Å². The second-order valence-corrected chi connectivity index (χ2v) is 5.02. The summed E-state index contributed by atoms with van der Waals surface area (Å²) in [5, 5.41) is 2.96. The van der Waals surface area contributed by atoms with E-state index in [2.05, 4.69) is 37.9 Å². The van der Waals surface area contributed by atoms with Gasteiger partial charge in [-0.3, -0.25) is 9.69 Å². The predicted octanol–water partition coefficient (Wildman–Crippen LogP) is 2.57. The van der Waals surface area contributed by atoms with Crippen molar-refractivity contribution in [3.63, 3.8) is 0 Å². The SMILES string of the molecule is CCN(CC)C(C(=O)Nc1ccc(N)cc1)C(C)C. The van der Waals surface area contributed by atoms with E-state index in [0.29, 0.717) is 5.69 Å². The lowest BCUT2D eigenvalue weighted by Crippen LogP contribution is -2.47. The summed E-state index contributed by atoms with van der Waals surface area (Å²) in [7, 11) is 0. The monoisotopic (exact) mass is 263 g/mol. The number of carbonyl (C=O) groups excluding carboxylic acids is 1. The van der Waals surface area contributed by atoms with Gasteiger partial charge in [0.15, 0.2) is 0 Å². The second kappa shape index (κ2) is 7.14. The maximum atomic E-state index is 12.4. The fourth-order valence-corrected chi connectivity index (χ4v) is 2.29. The van der Waals surface area contributed by atoms with Crippen LogP contribution in [0.5, 0.6) is 0 Å². The highest BCUT2D eigenvalue weighted by Crippen LogP contribution is 2.15. The average Bonchev–Trinajstić information content (AvgIpc) is 2.37. The van der Waals surface area contributed by atoms with Gasteiger partial charge in [0.2, 0.25) is 5.91 Å². The first-order chi connectivity index (χ1) is 8.99. The van der Waals surface area contributed by atoms with Gasteiger partial charge in [0, 0.05) is 11.4 Å². The van der Waals surface area contributed by atoms with E-state index in [1.165, 1.54) is 0 Å². The maximum Gasteiger partial charge on any atom is 0.241 e. The number of likely N-dealkylation sites (N-methyl/N-ethyl adjacent to an activating group) is 1. The molecule has 1 unspecified atom stereocenters. The van der Waals surface area contributed by atoms with Crippen molar-refractivity contribution in [1.82, 2.24) is 4.90 Å². The summed E-state index contributed by atoms with van der Waals surface area (Å²) in [6.07, 6.45) is 0. The molecule has 0 saturated heterocycles. The highest BCUT2D eigenvalue weighted by Gasteiger charge is 2.26. The minimum atomic E-state index is -0.104. The molecule has 0 aliphatic rings. The Morgan fingerprint density at radius 1 is 1.21 bits per heavy atom. The molecule has 1 rings (SSSR count). The quantitative estimate of drug-likeness (QED) is 0.776. The summed E-state index contributed by atoms with van der Waals surface area (Å²) in [6.45, 7) is 10.0. The molecule has 0 aliphatic carbocycles. The number of nitrogens with zero attached hydrogens (tertiary/aromatic N) is 1. The Bertz CT molecular complexity index is 396. The molecule has 0 radical (unpaired) electrons. The smallest absolute Gasteiger partial charge is 0.241 e. The van der Waals surface area contributed by atoms with Crippen molar-refractivity contribution in [2.75, 3.05) is 24.1 Å². The fourth-order valence-electron chi connectivity index (χ4n) is 2.29. The maximum absolute atomic E-state index is 12.4. The Morgan fingerprint density at radius 3 is 2.16 bits per heavy atom. The topological polar surface area (TPSA) is 58.4 Å². The van der Waals surface area contributed by atoms with E-state index in [9.17, 15) is 4.79 Å². The van der Waals surface area contributed by atoms with Crippen LogP contribution in [0.2, 0.25) is 0 Å². The summed E-state index contributed by atoms with van der Waals surface area (Å²) in [5.41, 5.74) is 7.12. The Kier molecular flexibility index (Phi) is 5.83. The van der Waals surface area contributed by atoms with Crippen LogP contribution in [0.3, 0.4) is 0 Å². The van der Waals surface area contributed by atoms with Crippen LogP contribution in [-0.2, 0) is 4.79 Å². The van der Waals surface area contributed by atoms with Crippen molar-refractivity contribution in [3.8, 4) is 0 Å². The van der Waals surface area contributed by atoms with Gasteiger partial charge in [0.1, 0.15) is 0 Å². The molecule has 0 bridgehead atoms. The molecule has 0 heterocycles. The van der Waals surface area contributed by atoms with Gasteiger partial charge in [-0.25, -0.2) is 0 Å². The number of nitrogen functional groups attached to an aromatic ring is 1. The molecular formula is C15H25N3O. The molecule has 0 aromatic heterocycles. The van der Waals surface area contributed by atoms with Gasteiger partial charge in [0.25, 0.3) is 0 Å². The lowest BCUT2D eigenvalue weighted by molar-refractivity contribution is -0.122. The zero-order valence-corrected chi connectivity index (χ0v) is 12.3. The number of hydrogen-bond donors (Lipinski definition) is 2. The van der Waals surface area contributed by atoms with Gasteiger partial charge in [-0.2, -0.15) is 0 Å². The molecule has 106 valence electrons. The summed E-state index contributed by atoms with van der Waals surface area (Å²) in [6, 6.07) is 7.13. The lowest BCUT2D eigenvalue weighted by atomic mass is 10.0. The molecule has 1 amide bonds. The van der Waals surface area contributed by atoms with Gasteiger partial charge in [-0.05, 0) is 43.3 Å². The Labute approximate surface area is 116 Å². The summed E-state index contributed by atoms with van der Waals surface area (Å²) >= 11 is 0. The van der Waals surface area contributed by atoms with Crippen molar-refractivity contribution >= 4 is 17.3 Å². The van der Waals surface area contributed by atoms with E-state index in [4.69, 9.17) is 5.73 Å². The van der Waals surface area contributed by atoms with Crippen LogP contribution in [0, 0.1) is 5.92 Å². The van der Waals surface area contributed by atoms with E-state index in [-0.39, 0.29) is 17.9 Å². The van der Waals surface area contributed by atoms with E-state index in [1.807, 2.05) is 12.1 Å². The molecule has 3 N–H and O–H groups in total. The van der Waals surface area contributed by atoms with Crippen molar-refractivity contribution in [2.45, 2.75) is 33.7 Å². The number of nitrogens with one attached hydrogen (secondary N) is 1. The first-order valence-corrected chi connectivity index (χ1v) is 6.90. The van der Waals surface area contributed by atoms with E-state index >= 15 is 0 Å². The van der Waals surface area contributed by atoms with Gasteiger partial charge in [-0.1, -0.05) is 27.7 Å². The minimum Gasteiger partial charge on any atom is -0.399 e. The summed E-state index contributed by atoms with van der Waals surface area (Å²) in [4.78, 5) is 14.6. The summed E-state index contributed by atoms with van der Waals surface area (Å²) in [5.74, 6) is 0.317. The fraction of sp³-hybridized carbons (Fsp3) is 0.533. The molecule has 19 heavy (non-hydrogen) atoms. The first kappa shape index (κ1) is 15.5. The molecule has 1 atom stereocenters. The zero-order chi connectivity index (χ0) is 14.4. The molecule has 1 aromatic carbocycles. The average molecular weight is 263 g/mol. The van der Waals surface area contributed by atoms with E-state index < -0.39 is 0 Å². The molecule has 0 spiro atoms. The predicted molar refractivity (Wildman–Crippen MR) is 81.0 cm³/mol. The van der Waals surface area contributed by atoms with Crippen LogP contribution >= 0.6 is 0 Å². The van der Waals surface area contributed by atoms with Crippen LogP contribution in [0.15, 0.2) is 24.3 Å². The first-order valence-electron chi connectivity index (χ1n) is 6.90. The molecule has 4 nitrogen and oxygen atoms in total. The van der Waals surface area contributed by atoms with Crippen molar-refractivity contribution in [2.24, 2.45) is 5.92 Å².